The van der Waals surface area contributed by atoms with Gasteiger partial charge in [-0.25, -0.2) is 12.7 Å². The Labute approximate surface area is 248 Å². The van der Waals surface area contributed by atoms with Gasteiger partial charge in [-0.15, -0.1) is 0 Å². The predicted octanol–water partition coefficient (Wildman–Crippen LogP) is 5.19. The van der Waals surface area contributed by atoms with Crippen molar-refractivity contribution in [1.29, 1.82) is 5.41 Å². The third kappa shape index (κ3) is 5.45. The Kier molecular flexibility index (Phi) is 8.50. The van der Waals surface area contributed by atoms with Crippen LogP contribution in [0.3, 0.4) is 0 Å². The first-order chi connectivity index (χ1) is 20.2. The van der Waals surface area contributed by atoms with Crippen molar-refractivity contribution >= 4 is 27.7 Å². The molecule has 3 N–H and O–H groups in total. The first-order valence-electron chi connectivity index (χ1n) is 14.7. The number of amides is 2. The number of hydrogen-bond donors (Lipinski definition) is 2. The molecule has 3 aromatic rings. The molecule has 2 amide bonds. The number of rotatable bonds is 11. The van der Waals surface area contributed by atoms with Crippen molar-refractivity contribution in [3.05, 3.63) is 89.5 Å². The van der Waals surface area contributed by atoms with Crippen LogP contribution in [0.1, 0.15) is 66.9 Å². The van der Waals surface area contributed by atoms with Gasteiger partial charge in [-0.1, -0.05) is 55.0 Å². The maximum absolute atomic E-state index is 13.9. The van der Waals surface area contributed by atoms with Gasteiger partial charge in [0.2, 0.25) is 5.91 Å². The lowest BCUT2D eigenvalue weighted by Crippen LogP contribution is -2.40. The molecule has 5 rings (SSSR count). The fraction of sp³-hybridized carbons (Fsp3) is 0.364. The van der Waals surface area contributed by atoms with Gasteiger partial charge in [-0.05, 0) is 79.6 Å². The molecule has 1 fully saturated rings. The summed E-state index contributed by atoms with van der Waals surface area (Å²) in [6, 6.07) is 21.4. The first kappa shape index (κ1) is 29.5. The topological polar surface area (TPSA) is 125 Å². The van der Waals surface area contributed by atoms with Crippen LogP contribution in [-0.4, -0.2) is 54.4 Å². The highest BCUT2D eigenvalue weighted by Gasteiger charge is 2.56. The molecule has 0 aromatic heterocycles. The summed E-state index contributed by atoms with van der Waals surface area (Å²) in [5.74, 6) is -1.04. The van der Waals surface area contributed by atoms with E-state index in [1.807, 2.05) is 50.2 Å². The summed E-state index contributed by atoms with van der Waals surface area (Å²) in [7, 11) is -4.04. The maximum atomic E-state index is 13.9. The molecule has 8 nitrogen and oxygen atoms in total. The molecule has 42 heavy (non-hydrogen) atoms. The maximum Gasteiger partial charge on any atom is 0.266 e. The highest BCUT2D eigenvalue weighted by Crippen LogP contribution is 2.51. The molecule has 0 unspecified atom stereocenters. The van der Waals surface area contributed by atoms with Crippen molar-refractivity contribution in [3.63, 3.8) is 0 Å². The van der Waals surface area contributed by atoms with Gasteiger partial charge in [0.1, 0.15) is 0 Å². The number of nitrogens with two attached hydrogens (primary N) is 1. The number of nitrogens with one attached hydrogen (secondary N) is 1. The van der Waals surface area contributed by atoms with Crippen LogP contribution in [0.15, 0.2) is 77.7 Å². The monoisotopic (exact) mass is 586 g/mol. The van der Waals surface area contributed by atoms with Crippen molar-refractivity contribution < 1.29 is 18.0 Å². The number of unbranched alkanes of at least 4 members (excludes halogenated alkanes) is 1. The zero-order valence-corrected chi connectivity index (χ0v) is 24.9. The number of carbonyl (C=O) groups excluding carboxylic acids is 2. The van der Waals surface area contributed by atoms with E-state index in [4.69, 9.17) is 11.1 Å². The molecular weight excluding hydrogens is 548 g/mol. The van der Waals surface area contributed by atoms with E-state index in [0.29, 0.717) is 50.8 Å². The molecule has 0 spiro atoms. The first-order valence-corrected chi connectivity index (χ1v) is 16.1. The highest BCUT2D eigenvalue weighted by molar-refractivity contribution is 7.89. The third-order valence-electron chi connectivity index (χ3n) is 8.62. The molecule has 1 aliphatic heterocycles. The lowest BCUT2D eigenvalue weighted by atomic mass is 9.83. The minimum absolute atomic E-state index is 0.0168. The van der Waals surface area contributed by atoms with Crippen molar-refractivity contribution in [3.8, 4) is 11.1 Å². The zero-order chi connectivity index (χ0) is 30.0. The Morgan fingerprint density at radius 2 is 1.69 bits per heavy atom. The minimum Gasteiger partial charge on any atom is -0.388 e. The molecular formula is C33H38N4O4S. The summed E-state index contributed by atoms with van der Waals surface area (Å²) in [6.07, 6.45) is 2.77. The van der Waals surface area contributed by atoms with Crippen LogP contribution in [0.25, 0.3) is 11.1 Å². The summed E-state index contributed by atoms with van der Waals surface area (Å²) >= 11 is 0. The summed E-state index contributed by atoms with van der Waals surface area (Å²) in [6.45, 7) is 5.18. The van der Waals surface area contributed by atoms with Crippen molar-refractivity contribution in [2.24, 2.45) is 11.7 Å². The minimum atomic E-state index is -4.04. The standard InChI is InChI=1S/C33H38N4O4S/c1-3-36(4-2)32(38)25-12-10-11-22(19-25)23-17-18-24-21-29-31(28(24)20-23)27(15-8-9-16-30(34)35)33(39)37(29)42(40,41)26-13-6-5-7-14-26/h5-7,10-14,17-20,27,29,31H,3-4,8-9,15-16,21H2,1-2H3,(H3,34,35)/t27-,29+,31+/m0/s1. The van der Waals surface area contributed by atoms with Crippen LogP contribution in [0.4, 0.5) is 0 Å². The van der Waals surface area contributed by atoms with E-state index in [1.165, 1.54) is 12.1 Å². The number of nitrogens with zero attached hydrogens (tertiary/aromatic N) is 2. The molecule has 1 heterocycles. The van der Waals surface area contributed by atoms with Crippen LogP contribution in [0.5, 0.6) is 0 Å². The van der Waals surface area contributed by atoms with Gasteiger partial charge in [0, 0.05) is 36.9 Å². The highest BCUT2D eigenvalue weighted by atomic mass is 32.2. The molecule has 3 atom stereocenters. The van der Waals surface area contributed by atoms with Gasteiger partial charge in [-0.2, -0.15) is 0 Å². The number of sulfonamides is 1. The Morgan fingerprint density at radius 3 is 2.38 bits per heavy atom. The van der Waals surface area contributed by atoms with Gasteiger partial charge >= 0.3 is 0 Å². The van der Waals surface area contributed by atoms with Crippen LogP contribution < -0.4 is 5.73 Å². The number of carbonyl (C=O) groups is 2. The molecule has 9 heteroatoms. The van der Waals surface area contributed by atoms with E-state index in [1.54, 1.807) is 23.1 Å². The van der Waals surface area contributed by atoms with E-state index in [9.17, 15) is 18.0 Å². The average Bonchev–Trinajstić information content (AvgIpc) is 3.48. The molecule has 2 aliphatic rings. The summed E-state index contributed by atoms with van der Waals surface area (Å²) in [5.41, 5.74) is 10.0. The number of fused-ring (bicyclic) bond motifs is 3. The molecule has 3 aromatic carbocycles. The number of hydrogen-bond acceptors (Lipinski definition) is 5. The normalized spacial score (nSPS) is 19.4. The number of amidine groups is 1. The third-order valence-corrected chi connectivity index (χ3v) is 10.5. The largest absolute Gasteiger partial charge is 0.388 e. The Morgan fingerprint density at radius 1 is 0.976 bits per heavy atom. The summed E-state index contributed by atoms with van der Waals surface area (Å²) in [4.78, 5) is 28.8. The second kappa shape index (κ2) is 12.1. The Bertz CT molecular complexity index is 1600. The lowest BCUT2D eigenvalue weighted by molar-refractivity contribution is -0.127. The molecule has 0 saturated carbocycles. The lowest BCUT2D eigenvalue weighted by Gasteiger charge is -2.23. The smallest absolute Gasteiger partial charge is 0.266 e. The van der Waals surface area contributed by atoms with Crippen molar-refractivity contribution in [1.82, 2.24) is 9.21 Å². The fourth-order valence-electron chi connectivity index (χ4n) is 6.54. The van der Waals surface area contributed by atoms with Gasteiger partial charge < -0.3 is 10.6 Å². The average molecular weight is 587 g/mol. The molecule has 0 radical (unpaired) electrons. The second-order valence-corrected chi connectivity index (χ2v) is 12.9. The van der Waals surface area contributed by atoms with E-state index in [2.05, 4.69) is 6.07 Å². The predicted molar refractivity (Wildman–Crippen MR) is 164 cm³/mol. The van der Waals surface area contributed by atoms with E-state index in [0.717, 1.165) is 26.6 Å². The SMILES string of the molecule is CCN(CC)C(=O)c1cccc(-c2ccc3c(c2)[C@H]2[C@H](CCCCC(=N)N)C(=O)N(S(=O)(=O)c4ccccc4)[C@@H]2C3)c1. The molecule has 1 saturated heterocycles. The van der Waals surface area contributed by atoms with Gasteiger partial charge in [-0.3, -0.25) is 15.0 Å². The van der Waals surface area contributed by atoms with Crippen LogP contribution >= 0.6 is 0 Å². The van der Waals surface area contributed by atoms with E-state index < -0.39 is 22.0 Å². The molecule has 0 bridgehead atoms. The molecule has 1 aliphatic carbocycles. The number of benzene rings is 3. The Balaban J connectivity index is 1.51. The van der Waals surface area contributed by atoms with Crippen LogP contribution in [0, 0.1) is 11.3 Å². The van der Waals surface area contributed by atoms with Crippen molar-refractivity contribution in [2.45, 2.75) is 62.8 Å². The zero-order valence-electron chi connectivity index (χ0n) is 24.1. The quantitative estimate of drug-likeness (QED) is 0.182. The van der Waals surface area contributed by atoms with Gasteiger partial charge in [0.25, 0.3) is 15.9 Å². The van der Waals surface area contributed by atoms with E-state index >= 15 is 0 Å². The van der Waals surface area contributed by atoms with Crippen molar-refractivity contribution in [2.75, 3.05) is 13.1 Å². The van der Waals surface area contributed by atoms with Gasteiger partial charge in [0.05, 0.1) is 16.8 Å². The van der Waals surface area contributed by atoms with Crippen LogP contribution in [-0.2, 0) is 21.2 Å². The fourth-order valence-corrected chi connectivity index (χ4v) is 8.20. The molecule has 220 valence electrons. The second-order valence-electron chi connectivity index (χ2n) is 11.1. The summed E-state index contributed by atoms with van der Waals surface area (Å²) in [5, 5.41) is 7.54. The Hall–Kier alpha value is -3.98. The van der Waals surface area contributed by atoms with Crippen LogP contribution in [0.2, 0.25) is 0 Å². The van der Waals surface area contributed by atoms with E-state index in [-0.39, 0.29) is 28.5 Å². The summed E-state index contributed by atoms with van der Waals surface area (Å²) < 4.78 is 28.8. The van der Waals surface area contributed by atoms with Gasteiger partial charge in [0.15, 0.2) is 0 Å².